The predicted octanol–water partition coefficient (Wildman–Crippen LogP) is 0.278. The SMILES string of the molecule is CC(C)NCCC1CNCCN1C. The van der Waals surface area contributed by atoms with Gasteiger partial charge in [0.05, 0.1) is 0 Å². The van der Waals surface area contributed by atoms with Crippen molar-refractivity contribution in [1.82, 2.24) is 15.5 Å². The van der Waals surface area contributed by atoms with E-state index in [4.69, 9.17) is 0 Å². The van der Waals surface area contributed by atoms with Gasteiger partial charge >= 0.3 is 0 Å². The van der Waals surface area contributed by atoms with Crippen LogP contribution in [-0.2, 0) is 0 Å². The number of rotatable bonds is 4. The van der Waals surface area contributed by atoms with E-state index in [0.717, 1.165) is 25.7 Å². The van der Waals surface area contributed by atoms with Crippen LogP contribution in [0.15, 0.2) is 0 Å². The van der Waals surface area contributed by atoms with E-state index in [2.05, 4.69) is 36.4 Å². The van der Waals surface area contributed by atoms with Gasteiger partial charge in [0, 0.05) is 31.7 Å². The summed E-state index contributed by atoms with van der Waals surface area (Å²) >= 11 is 0. The van der Waals surface area contributed by atoms with Crippen molar-refractivity contribution in [2.45, 2.75) is 32.4 Å². The van der Waals surface area contributed by atoms with Crippen LogP contribution in [0.2, 0.25) is 0 Å². The van der Waals surface area contributed by atoms with Gasteiger partial charge in [-0.05, 0) is 20.0 Å². The second-order valence-corrected chi connectivity index (χ2v) is 4.24. The largest absolute Gasteiger partial charge is 0.314 e. The summed E-state index contributed by atoms with van der Waals surface area (Å²) in [6.45, 7) is 9.01. The van der Waals surface area contributed by atoms with Crippen LogP contribution < -0.4 is 10.6 Å². The van der Waals surface area contributed by atoms with Gasteiger partial charge in [-0.2, -0.15) is 0 Å². The van der Waals surface area contributed by atoms with Gasteiger partial charge < -0.3 is 15.5 Å². The summed E-state index contributed by atoms with van der Waals surface area (Å²) in [7, 11) is 2.22. The van der Waals surface area contributed by atoms with Gasteiger partial charge in [-0.25, -0.2) is 0 Å². The molecule has 2 N–H and O–H groups in total. The number of nitrogens with one attached hydrogen (secondary N) is 2. The molecule has 1 aliphatic rings. The maximum Gasteiger partial charge on any atom is 0.0230 e. The Labute approximate surface area is 81.9 Å². The van der Waals surface area contributed by atoms with E-state index in [1.54, 1.807) is 0 Å². The fraction of sp³-hybridized carbons (Fsp3) is 1.00. The lowest BCUT2D eigenvalue weighted by Gasteiger charge is -2.33. The average molecular weight is 185 g/mol. The number of hydrogen-bond acceptors (Lipinski definition) is 3. The molecule has 0 aromatic carbocycles. The summed E-state index contributed by atoms with van der Waals surface area (Å²) in [5.74, 6) is 0. The Hall–Kier alpha value is -0.120. The Bertz CT molecular complexity index is 136. The van der Waals surface area contributed by atoms with Crippen LogP contribution in [0.25, 0.3) is 0 Å². The first-order valence-electron chi connectivity index (χ1n) is 5.34. The van der Waals surface area contributed by atoms with Crippen LogP contribution in [0.4, 0.5) is 0 Å². The van der Waals surface area contributed by atoms with Crippen LogP contribution in [0.1, 0.15) is 20.3 Å². The molecular weight excluding hydrogens is 162 g/mol. The molecule has 0 amide bonds. The summed E-state index contributed by atoms with van der Waals surface area (Å²) in [5, 5.41) is 6.89. The first-order chi connectivity index (χ1) is 6.20. The first-order valence-corrected chi connectivity index (χ1v) is 5.34. The van der Waals surface area contributed by atoms with Crippen molar-refractivity contribution in [2.24, 2.45) is 0 Å². The van der Waals surface area contributed by atoms with E-state index in [-0.39, 0.29) is 0 Å². The van der Waals surface area contributed by atoms with Gasteiger partial charge in [0.2, 0.25) is 0 Å². The molecule has 0 spiro atoms. The normalized spacial score (nSPS) is 25.4. The summed E-state index contributed by atoms with van der Waals surface area (Å²) < 4.78 is 0. The standard InChI is InChI=1S/C10H23N3/c1-9(2)12-5-4-10-8-11-6-7-13(10)3/h9-12H,4-8H2,1-3H3. The molecule has 3 heteroatoms. The van der Waals surface area contributed by atoms with Crippen molar-refractivity contribution in [1.29, 1.82) is 0 Å². The zero-order chi connectivity index (χ0) is 9.68. The molecule has 1 fully saturated rings. The van der Waals surface area contributed by atoms with Crippen molar-refractivity contribution in [3.05, 3.63) is 0 Å². The van der Waals surface area contributed by atoms with E-state index < -0.39 is 0 Å². The lowest BCUT2D eigenvalue weighted by atomic mass is 10.1. The number of hydrogen-bond donors (Lipinski definition) is 2. The molecule has 78 valence electrons. The summed E-state index contributed by atoms with van der Waals surface area (Å²) in [6, 6.07) is 1.34. The fourth-order valence-electron chi connectivity index (χ4n) is 1.72. The molecule has 0 bridgehead atoms. The molecular formula is C10H23N3. The third-order valence-electron chi connectivity index (χ3n) is 2.67. The van der Waals surface area contributed by atoms with Crippen molar-refractivity contribution < 1.29 is 0 Å². The molecule has 1 unspecified atom stereocenters. The third kappa shape index (κ3) is 4.07. The molecule has 0 aliphatic carbocycles. The smallest absolute Gasteiger partial charge is 0.0230 e. The van der Waals surface area contributed by atoms with E-state index in [1.807, 2.05) is 0 Å². The first kappa shape index (κ1) is 11.0. The fourth-order valence-corrected chi connectivity index (χ4v) is 1.72. The highest BCUT2D eigenvalue weighted by Gasteiger charge is 2.17. The summed E-state index contributed by atoms with van der Waals surface area (Å²) in [4.78, 5) is 2.46. The number of nitrogens with zero attached hydrogens (tertiary/aromatic N) is 1. The van der Waals surface area contributed by atoms with Crippen LogP contribution >= 0.6 is 0 Å². The van der Waals surface area contributed by atoms with Crippen molar-refractivity contribution >= 4 is 0 Å². The van der Waals surface area contributed by atoms with E-state index in [9.17, 15) is 0 Å². The zero-order valence-electron chi connectivity index (χ0n) is 9.14. The Morgan fingerprint density at radius 1 is 1.54 bits per heavy atom. The second-order valence-electron chi connectivity index (χ2n) is 4.24. The molecule has 0 aromatic heterocycles. The number of piperazine rings is 1. The maximum absolute atomic E-state index is 3.46. The van der Waals surface area contributed by atoms with Gasteiger partial charge in [-0.1, -0.05) is 13.8 Å². The highest BCUT2D eigenvalue weighted by atomic mass is 15.2. The second kappa shape index (κ2) is 5.58. The average Bonchev–Trinajstić information content (AvgIpc) is 2.08. The molecule has 1 rings (SSSR count). The maximum atomic E-state index is 3.46. The highest BCUT2D eigenvalue weighted by molar-refractivity contribution is 4.77. The Morgan fingerprint density at radius 2 is 2.31 bits per heavy atom. The monoisotopic (exact) mass is 185 g/mol. The predicted molar refractivity (Wildman–Crippen MR) is 57.0 cm³/mol. The Balaban J connectivity index is 2.11. The molecule has 13 heavy (non-hydrogen) atoms. The molecule has 0 radical (unpaired) electrons. The minimum absolute atomic E-state index is 0.613. The van der Waals surface area contributed by atoms with Crippen LogP contribution in [-0.4, -0.2) is 50.2 Å². The molecule has 1 atom stereocenters. The van der Waals surface area contributed by atoms with Gasteiger partial charge in [0.25, 0.3) is 0 Å². The molecule has 1 aliphatic heterocycles. The Kier molecular flexibility index (Phi) is 4.70. The molecule has 1 saturated heterocycles. The summed E-state index contributed by atoms with van der Waals surface area (Å²) in [5.41, 5.74) is 0. The zero-order valence-corrected chi connectivity index (χ0v) is 9.14. The third-order valence-corrected chi connectivity index (χ3v) is 2.67. The van der Waals surface area contributed by atoms with Crippen molar-refractivity contribution in [3.63, 3.8) is 0 Å². The van der Waals surface area contributed by atoms with Gasteiger partial charge in [-0.3, -0.25) is 0 Å². The minimum Gasteiger partial charge on any atom is -0.314 e. The molecule has 0 aromatic rings. The van der Waals surface area contributed by atoms with E-state index >= 15 is 0 Å². The highest BCUT2D eigenvalue weighted by Crippen LogP contribution is 2.03. The van der Waals surface area contributed by atoms with Crippen LogP contribution in [0, 0.1) is 0 Å². The van der Waals surface area contributed by atoms with E-state index in [0.29, 0.717) is 6.04 Å². The van der Waals surface area contributed by atoms with Gasteiger partial charge in [0.15, 0.2) is 0 Å². The van der Waals surface area contributed by atoms with Crippen molar-refractivity contribution in [3.8, 4) is 0 Å². The Morgan fingerprint density at radius 3 is 2.92 bits per heavy atom. The summed E-state index contributed by atoms with van der Waals surface area (Å²) in [6.07, 6.45) is 1.25. The molecule has 3 nitrogen and oxygen atoms in total. The topological polar surface area (TPSA) is 27.3 Å². The van der Waals surface area contributed by atoms with Gasteiger partial charge in [0.1, 0.15) is 0 Å². The lowest BCUT2D eigenvalue weighted by Crippen LogP contribution is -2.50. The van der Waals surface area contributed by atoms with Crippen LogP contribution in [0.5, 0.6) is 0 Å². The quantitative estimate of drug-likeness (QED) is 0.659. The number of likely N-dealkylation sites (N-methyl/N-ethyl adjacent to an activating group) is 1. The minimum atomic E-state index is 0.613. The lowest BCUT2D eigenvalue weighted by molar-refractivity contribution is 0.189. The van der Waals surface area contributed by atoms with Gasteiger partial charge in [-0.15, -0.1) is 0 Å². The molecule has 1 heterocycles. The molecule has 0 saturated carbocycles. The van der Waals surface area contributed by atoms with E-state index in [1.165, 1.54) is 13.0 Å². The van der Waals surface area contributed by atoms with Crippen LogP contribution in [0.3, 0.4) is 0 Å². The van der Waals surface area contributed by atoms with Crippen molar-refractivity contribution in [2.75, 3.05) is 33.2 Å².